The van der Waals surface area contributed by atoms with Crippen LogP contribution in [0, 0.1) is 13.8 Å². The highest BCUT2D eigenvalue weighted by Gasteiger charge is 2.11. The fourth-order valence-electron chi connectivity index (χ4n) is 1.18. The van der Waals surface area contributed by atoms with Crippen LogP contribution >= 0.6 is 0 Å². The van der Waals surface area contributed by atoms with E-state index in [9.17, 15) is 4.79 Å². The van der Waals surface area contributed by atoms with Gasteiger partial charge in [-0.1, -0.05) is 22.6 Å². The normalized spacial score (nSPS) is 10.0. The van der Waals surface area contributed by atoms with Crippen molar-refractivity contribution in [3.63, 3.8) is 0 Å². The van der Waals surface area contributed by atoms with Gasteiger partial charge >= 0.3 is 5.97 Å². The Kier molecular flexibility index (Phi) is 2.50. The summed E-state index contributed by atoms with van der Waals surface area (Å²) in [6.45, 7) is 3.44. The molecule has 2 nitrogen and oxygen atoms in total. The zero-order valence-electron chi connectivity index (χ0n) is 7.59. The smallest absolute Gasteiger partial charge is 0.335 e. The Labute approximate surface area is 79.8 Å². The van der Waals surface area contributed by atoms with Gasteiger partial charge in [-0.25, -0.2) is 4.79 Å². The van der Waals surface area contributed by atoms with Gasteiger partial charge < -0.3 is 5.11 Å². The summed E-state index contributed by atoms with van der Waals surface area (Å²) in [4.78, 5) is 10.7. The molecule has 4 heteroatoms. The highest BCUT2D eigenvalue weighted by molar-refractivity contribution is 6.41. The fourth-order valence-corrected chi connectivity index (χ4v) is 1.18. The molecule has 1 rings (SSSR count). The lowest BCUT2D eigenvalue weighted by molar-refractivity contribution is 0.0696. The van der Waals surface area contributed by atoms with Crippen molar-refractivity contribution in [3.8, 4) is 0 Å². The number of carbonyl (C=O) groups is 1. The third kappa shape index (κ3) is 1.62. The SMILES string of the molecule is [B]c1cc(C(=O)O)c(C)c([B])c1C. The molecule has 13 heavy (non-hydrogen) atoms. The van der Waals surface area contributed by atoms with Crippen LogP contribution in [0.1, 0.15) is 21.5 Å². The van der Waals surface area contributed by atoms with Crippen molar-refractivity contribution in [2.24, 2.45) is 0 Å². The van der Waals surface area contributed by atoms with Crippen molar-refractivity contribution in [3.05, 3.63) is 22.8 Å². The Bertz CT molecular complexity index is 372. The van der Waals surface area contributed by atoms with E-state index in [0.717, 1.165) is 5.56 Å². The number of carboxylic acid groups (broad SMARTS) is 1. The van der Waals surface area contributed by atoms with Crippen LogP contribution in [0.5, 0.6) is 0 Å². The summed E-state index contributed by atoms with van der Waals surface area (Å²) in [5.74, 6) is -1.00. The first-order chi connectivity index (χ1) is 5.95. The molecule has 1 aromatic rings. The Morgan fingerprint density at radius 1 is 1.31 bits per heavy atom. The van der Waals surface area contributed by atoms with Gasteiger partial charge in [0.1, 0.15) is 15.7 Å². The maximum Gasteiger partial charge on any atom is 0.335 e. The Morgan fingerprint density at radius 2 is 1.85 bits per heavy atom. The third-order valence-electron chi connectivity index (χ3n) is 2.18. The lowest BCUT2D eigenvalue weighted by Crippen LogP contribution is -2.26. The molecule has 0 heterocycles. The van der Waals surface area contributed by atoms with E-state index < -0.39 is 5.97 Å². The molecule has 1 N–H and O–H groups in total. The van der Waals surface area contributed by atoms with Crippen molar-refractivity contribution in [1.29, 1.82) is 0 Å². The lowest BCUT2D eigenvalue weighted by Gasteiger charge is -2.11. The van der Waals surface area contributed by atoms with Gasteiger partial charge in [-0.15, -0.1) is 0 Å². The van der Waals surface area contributed by atoms with Crippen LogP contribution in [0.4, 0.5) is 0 Å². The zero-order chi connectivity index (χ0) is 10.2. The predicted molar refractivity (Wildman–Crippen MR) is 53.7 cm³/mol. The Morgan fingerprint density at radius 3 is 2.31 bits per heavy atom. The highest BCUT2D eigenvalue weighted by Crippen LogP contribution is 2.04. The van der Waals surface area contributed by atoms with E-state index in [2.05, 4.69) is 0 Å². The van der Waals surface area contributed by atoms with Gasteiger partial charge in [0.15, 0.2) is 0 Å². The van der Waals surface area contributed by atoms with Crippen molar-refractivity contribution in [1.82, 2.24) is 0 Å². The lowest BCUT2D eigenvalue weighted by atomic mass is 9.77. The first-order valence-corrected chi connectivity index (χ1v) is 3.83. The molecule has 1 aromatic carbocycles. The first-order valence-electron chi connectivity index (χ1n) is 3.83. The molecule has 0 fully saturated rings. The van der Waals surface area contributed by atoms with Crippen LogP contribution in [0.2, 0.25) is 0 Å². The van der Waals surface area contributed by atoms with Crippen LogP contribution in [0.25, 0.3) is 0 Å². The van der Waals surface area contributed by atoms with Crippen LogP contribution in [-0.2, 0) is 0 Å². The number of rotatable bonds is 1. The molecule has 0 saturated heterocycles. The van der Waals surface area contributed by atoms with E-state index in [0.29, 0.717) is 16.5 Å². The predicted octanol–water partition coefficient (Wildman–Crippen LogP) is -0.411. The van der Waals surface area contributed by atoms with Gasteiger partial charge in [0.05, 0.1) is 5.56 Å². The average Bonchev–Trinajstić information content (AvgIpc) is 2.07. The monoisotopic (exact) mass is 170 g/mol. The molecule has 0 spiro atoms. The Hall–Kier alpha value is -1.18. The van der Waals surface area contributed by atoms with Gasteiger partial charge in [0.25, 0.3) is 0 Å². The second kappa shape index (κ2) is 3.29. The molecule has 0 aliphatic rings. The largest absolute Gasteiger partial charge is 0.478 e. The van der Waals surface area contributed by atoms with Crippen molar-refractivity contribution in [2.45, 2.75) is 13.8 Å². The maximum absolute atomic E-state index is 10.7. The summed E-state index contributed by atoms with van der Waals surface area (Å²) < 4.78 is 0. The second-order valence-corrected chi connectivity index (χ2v) is 2.98. The van der Waals surface area contributed by atoms with Crippen molar-refractivity contribution >= 4 is 32.6 Å². The quantitative estimate of drug-likeness (QED) is 0.581. The van der Waals surface area contributed by atoms with Gasteiger partial charge in [-0.2, -0.15) is 0 Å². The maximum atomic E-state index is 10.7. The van der Waals surface area contributed by atoms with E-state index >= 15 is 0 Å². The first kappa shape index (κ1) is 9.90. The van der Waals surface area contributed by atoms with Crippen LogP contribution in [-0.4, -0.2) is 26.8 Å². The Balaban J connectivity index is 3.50. The molecule has 62 valence electrons. The second-order valence-electron chi connectivity index (χ2n) is 2.98. The minimum atomic E-state index is -1.00. The molecule has 0 bridgehead atoms. The summed E-state index contributed by atoms with van der Waals surface area (Å²) in [7, 11) is 11.3. The van der Waals surface area contributed by atoms with E-state index in [-0.39, 0.29) is 5.56 Å². The van der Waals surface area contributed by atoms with Crippen LogP contribution < -0.4 is 10.9 Å². The van der Waals surface area contributed by atoms with E-state index in [4.69, 9.17) is 20.8 Å². The molecular formula is C9H8B2O2. The van der Waals surface area contributed by atoms with Crippen molar-refractivity contribution in [2.75, 3.05) is 0 Å². The summed E-state index contributed by atoms with van der Waals surface area (Å²) in [5, 5.41) is 8.79. The summed E-state index contributed by atoms with van der Waals surface area (Å²) in [6, 6.07) is 1.43. The molecular weight excluding hydrogens is 162 g/mol. The highest BCUT2D eigenvalue weighted by atomic mass is 16.4. The number of hydrogen-bond acceptors (Lipinski definition) is 1. The van der Waals surface area contributed by atoms with Gasteiger partial charge in [-0.3, -0.25) is 0 Å². The molecule has 0 aliphatic carbocycles. The fraction of sp³-hybridized carbons (Fsp3) is 0.222. The molecule has 0 saturated carbocycles. The topological polar surface area (TPSA) is 37.3 Å². The molecule has 0 aromatic heterocycles. The third-order valence-corrected chi connectivity index (χ3v) is 2.18. The molecule has 0 aliphatic heterocycles. The standard InChI is InChI=1S/C9H8B2O2/c1-4-6(9(12)13)3-7(10)5(2)8(4)11/h3H,1-2H3,(H,12,13). The van der Waals surface area contributed by atoms with E-state index in [1.54, 1.807) is 13.8 Å². The molecule has 0 amide bonds. The van der Waals surface area contributed by atoms with Crippen LogP contribution in [0.15, 0.2) is 6.07 Å². The summed E-state index contributed by atoms with van der Waals surface area (Å²) >= 11 is 0. The van der Waals surface area contributed by atoms with Gasteiger partial charge in [-0.05, 0) is 19.4 Å². The van der Waals surface area contributed by atoms with E-state index in [1.807, 2.05) is 0 Å². The number of carboxylic acids is 1. The average molecular weight is 170 g/mol. The number of benzene rings is 1. The summed E-state index contributed by atoms with van der Waals surface area (Å²) in [6.07, 6.45) is 0. The van der Waals surface area contributed by atoms with Gasteiger partial charge in [0, 0.05) is 0 Å². The minimum Gasteiger partial charge on any atom is -0.478 e. The minimum absolute atomic E-state index is 0.167. The molecule has 0 unspecified atom stereocenters. The number of hydrogen-bond donors (Lipinski definition) is 1. The zero-order valence-corrected chi connectivity index (χ0v) is 7.59. The van der Waals surface area contributed by atoms with Crippen LogP contribution in [0.3, 0.4) is 0 Å². The number of aromatic carboxylic acids is 1. The van der Waals surface area contributed by atoms with E-state index in [1.165, 1.54) is 6.07 Å². The van der Waals surface area contributed by atoms with Crippen molar-refractivity contribution < 1.29 is 9.90 Å². The molecule has 0 atom stereocenters. The van der Waals surface area contributed by atoms with Gasteiger partial charge in [0.2, 0.25) is 0 Å². The summed E-state index contributed by atoms with van der Waals surface area (Å²) in [5.41, 5.74) is 2.35. The molecule has 4 radical (unpaired) electrons.